The Kier molecular flexibility index (Phi) is 5.14. The van der Waals surface area contributed by atoms with Gasteiger partial charge in [-0.05, 0) is 37.3 Å². The molecule has 0 saturated carbocycles. The van der Waals surface area contributed by atoms with Crippen LogP contribution >= 0.6 is 0 Å². The molecule has 0 atom stereocenters. The molecule has 1 amide bonds. The summed E-state index contributed by atoms with van der Waals surface area (Å²) in [4.78, 5) is 28.9. The standard InChI is InChI=1S/C18H16N6O2.H2/c1-12-4-2-6-16(23-12)24-18(25)15-8-14(10-21-17(15)22-11-19)26-13-5-3-7-20-9-13;/h2-11H,1H3,(H2,19,21,22)(H,23,24,25);1H. The minimum atomic E-state index is -0.423. The van der Waals surface area contributed by atoms with Crippen molar-refractivity contribution in [3.63, 3.8) is 0 Å². The zero-order valence-corrected chi connectivity index (χ0v) is 14.0. The van der Waals surface area contributed by atoms with Crippen molar-refractivity contribution in [3.8, 4) is 11.5 Å². The molecule has 3 aromatic heterocycles. The molecule has 0 aliphatic heterocycles. The molecule has 3 heterocycles. The van der Waals surface area contributed by atoms with Crippen LogP contribution in [0.25, 0.3) is 0 Å². The molecule has 8 nitrogen and oxygen atoms in total. The van der Waals surface area contributed by atoms with Crippen LogP contribution in [0.1, 0.15) is 17.5 Å². The summed E-state index contributed by atoms with van der Waals surface area (Å²) in [5.74, 6) is 1.08. The van der Waals surface area contributed by atoms with Gasteiger partial charge in [0.25, 0.3) is 5.91 Å². The van der Waals surface area contributed by atoms with E-state index in [2.05, 4.69) is 25.3 Å². The number of nitrogens with one attached hydrogen (secondary N) is 1. The van der Waals surface area contributed by atoms with Crippen LogP contribution < -0.4 is 15.8 Å². The number of nitrogens with two attached hydrogens (primary N) is 1. The van der Waals surface area contributed by atoms with Crippen molar-refractivity contribution in [2.75, 3.05) is 5.32 Å². The van der Waals surface area contributed by atoms with Crippen molar-refractivity contribution in [1.29, 1.82) is 0 Å². The number of hydrogen-bond acceptors (Lipinski definition) is 6. The summed E-state index contributed by atoms with van der Waals surface area (Å²) in [6.45, 7) is 1.84. The summed E-state index contributed by atoms with van der Waals surface area (Å²) in [6.07, 6.45) is 5.73. The van der Waals surface area contributed by atoms with E-state index in [9.17, 15) is 4.79 Å². The van der Waals surface area contributed by atoms with Gasteiger partial charge in [0.05, 0.1) is 24.3 Å². The monoisotopic (exact) mass is 350 g/mol. The third-order valence-electron chi connectivity index (χ3n) is 3.28. The van der Waals surface area contributed by atoms with Crippen LogP contribution in [-0.4, -0.2) is 27.2 Å². The van der Waals surface area contributed by atoms with Gasteiger partial charge in [-0.15, -0.1) is 0 Å². The number of anilines is 1. The molecule has 3 aromatic rings. The summed E-state index contributed by atoms with van der Waals surface area (Å²) in [6, 6.07) is 10.4. The molecule has 0 spiro atoms. The molecule has 0 aromatic carbocycles. The van der Waals surface area contributed by atoms with Crippen molar-refractivity contribution in [3.05, 3.63) is 66.2 Å². The van der Waals surface area contributed by atoms with Crippen LogP contribution in [0.5, 0.6) is 11.5 Å². The Morgan fingerprint density at radius 2 is 2.15 bits per heavy atom. The van der Waals surface area contributed by atoms with Crippen LogP contribution in [-0.2, 0) is 0 Å². The average Bonchev–Trinajstić information content (AvgIpc) is 2.64. The Bertz CT molecular complexity index is 950. The highest BCUT2D eigenvalue weighted by Crippen LogP contribution is 2.26. The number of carbonyl (C=O) groups excluding carboxylic acids is 1. The van der Waals surface area contributed by atoms with Crippen LogP contribution in [0.4, 0.5) is 11.6 Å². The summed E-state index contributed by atoms with van der Waals surface area (Å²) < 4.78 is 5.67. The molecule has 0 radical (unpaired) electrons. The zero-order valence-electron chi connectivity index (χ0n) is 14.0. The molecule has 0 unspecified atom stereocenters. The molecule has 0 fully saturated rings. The second kappa shape index (κ2) is 7.84. The number of nitrogens with zero attached hydrogens (tertiary/aromatic N) is 4. The fourth-order valence-corrected chi connectivity index (χ4v) is 2.17. The van der Waals surface area contributed by atoms with Gasteiger partial charge in [0.2, 0.25) is 0 Å². The first-order valence-electron chi connectivity index (χ1n) is 7.73. The smallest absolute Gasteiger partial charge is 0.260 e. The molecule has 3 N–H and O–H groups in total. The minimum Gasteiger partial charge on any atom is -0.454 e. The van der Waals surface area contributed by atoms with E-state index in [-0.39, 0.29) is 12.8 Å². The molecule has 26 heavy (non-hydrogen) atoms. The van der Waals surface area contributed by atoms with Crippen molar-refractivity contribution < 1.29 is 11.0 Å². The van der Waals surface area contributed by atoms with E-state index in [1.165, 1.54) is 12.3 Å². The molecule has 0 aliphatic rings. The zero-order chi connectivity index (χ0) is 18.4. The topological polar surface area (TPSA) is 115 Å². The minimum absolute atomic E-state index is 0. The third kappa shape index (κ3) is 4.18. The lowest BCUT2D eigenvalue weighted by atomic mass is 10.2. The number of pyridine rings is 3. The SMILES string of the molecule is Cc1cccc(NC(=O)c2cc(Oc3cccnc3)cnc2/N=C\N)n1.[HH]. The van der Waals surface area contributed by atoms with Gasteiger partial charge in [-0.25, -0.2) is 15.0 Å². The van der Waals surface area contributed by atoms with E-state index in [1.54, 1.807) is 36.7 Å². The summed E-state index contributed by atoms with van der Waals surface area (Å²) in [5.41, 5.74) is 6.34. The fourth-order valence-electron chi connectivity index (χ4n) is 2.17. The van der Waals surface area contributed by atoms with E-state index in [0.29, 0.717) is 17.3 Å². The van der Waals surface area contributed by atoms with Gasteiger partial charge in [0.1, 0.15) is 17.3 Å². The van der Waals surface area contributed by atoms with Crippen molar-refractivity contribution in [1.82, 2.24) is 15.0 Å². The highest BCUT2D eigenvalue weighted by atomic mass is 16.5. The highest BCUT2D eigenvalue weighted by Gasteiger charge is 2.15. The highest BCUT2D eigenvalue weighted by molar-refractivity contribution is 6.07. The van der Waals surface area contributed by atoms with Crippen LogP contribution in [0.2, 0.25) is 0 Å². The maximum Gasteiger partial charge on any atom is 0.260 e. The second-order valence-electron chi connectivity index (χ2n) is 5.23. The molecule has 0 saturated heterocycles. The largest absolute Gasteiger partial charge is 0.454 e. The molecule has 3 rings (SSSR count). The van der Waals surface area contributed by atoms with Gasteiger partial charge in [0.15, 0.2) is 5.82 Å². The number of aromatic nitrogens is 3. The van der Waals surface area contributed by atoms with E-state index < -0.39 is 5.91 Å². The fraction of sp³-hybridized carbons (Fsp3) is 0.0556. The molecule has 8 heteroatoms. The quantitative estimate of drug-likeness (QED) is 0.539. The first kappa shape index (κ1) is 17.0. The first-order chi connectivity index (χ1) is 12.7. The van der Waals surface area contributed by atoms with Gasteiger partial charge in [-0.3, -0.25) is 9.78 Å². The van der Waals surface area contributed by atoms with Crippen molar-refractivity contribution in [2.24, 2.45) is 10.7 Å². The van der Waals surface area contributed by atoms with Crippen molar-refractivity contribution in [2.45, 2.75) is 6.92 Å². The first-order valence-corrected chi connectivity index (χ1v) is 7.73. The molecule has 0 aliphatic carbocycles. The normalized spacial score (nSPS) is 10.7. The number of rotatable bonds is 5. The van der Waals surface area contributed by atoms with Gasteiger partial charge in [0, 0.05) is 13.3 Å². The Hall–Kier alpha value is -3.81. The van der Waals surface area contributed by atoms with Gasteiger partial charge in [-0.1, -0.05) is 6.07 Å². The maximum atomic E-state index is 12.7. The molecular weight excluding hydrogens is 332 g/mol. The molecular formula is C18H18N6O2. The summed E-state index contributed by atoms with van der Waals surface area (Å²) >= 11 is 0. The Balaban J connectivity index is 0.00000261. The number of aryl methyl sites for hydroxylation is 1. The lowest BCUT2D eigenvalue weighted by molar-refractivity contribution is 0.102. The van der Waals surface area contributed by atoms with Crippen LogP contribution in [0, 0.1) is 6.92 Å². The number of carbonyl (C=O) groups is 1. The summed E-state index contributed by atoms with van der Waals surface area (Å²) in [7, 11) is 0. The lowest BCUT2D eigenvalue weighted by Gasteiger charge is -2.10. The Morgan fingerprint density at radius 3 is 2.88 bits per heavy atom. The van der Waals surface area contributed by atoms with Gasteiger partial charge >= 0.3 is 0 Å². The summed E-state index contributed by atoms with van der Waals surface area (Å²) in [5, 5.41) is 2.72. The number of hydrogen-bond donors (Lipinski definition) is 2. The van der Waals surface area contributed by atoms with E-state index in [0.717, 1.165) is 12.0 Å². The van der Waals surface area contributed by atoms with Crippen LogP contribution in [0.3, 0.4) is 0 Å². The van der Waals surface area contributed by atoms with E-state index in [4.69, 9.17) is 10.5 Å². The Labute approximate surface area is 151 Å². The molecule has 0 bridgehead atoms. The van der Waals surface area contributed by atoms with E-state index >= 15 is 0 Å². The lowest BCUT2D eigenvalue weighted by Crippen LogP contribution is -2.14. The number of aliphatic imine (C=N–C) groups is 1. The van der Waals surface area contributed by atoms with E-state index in [1.807, 2.05) is 13.0 Å². The average molecular weight is 350 g/mol. The van der Waals surface area contributed by atoms with Gasteiger partial charge in [-0.2, -0.15) is 0 Å². The molecule has 132 valence electrons. The Morgan fingerprint density at radius 1 is 1.27 bits per heavy atom. The van der Waals surface area contributed by atoms with Crippen molar-refractivity contribution >= 4 is 23.9 Å². The predicted octanol–water partition coefficient (Wildman–Crippen LogP) is 3.09. The van der Waals surface area contributed by atoms with Gasteiger partial charge < -0.3 is 15.8 Å². The third-order valence-corrected chi connectivity index (χ3v) is 3.28. The number of amides is 1. The van der Waals surface area contributed by atoms with Crippen LogP contribution in [0.15, 0.2) is 60.0 Å². The number of ether oxygens (including phenoxy) is 1. The maximum absolute atomic E-state index is 12.7. The predicted molar refractivity (Wildman–Crippen MR) is 99.9 cm³/mol. The second-order valence-corrected chi connectivity index (χ2v) is 5.23.